The fraction of sp³-hybridized carbons (Fsp3) is 0.400. The van der Waals surface area contributed by atoms with E-state index in [9.17, 15) is 14.4 Å². The van der Waals surface area contributed by atoms with Gasteiger partial charge in [0.1, 0.15) is 0 Å². The van der Waals surface area contributed by atoms with E-state index in [4.69, 9.17) is 4.74 Å². The number of benzene rings is 1. The number of amides is 2. The molecule has 0 atom stereocenters. The van der Waals surface area contributed by atoms with E-state index in [1.165, 1.54) is 0 Å². The molecule has 120 valence electrons. The Balaban J connectivity index is 2.20. The summed E-state index contributed by atoms with van der Waals surface area (Å²) in [6.07, 6.45) is 0.130. The van der Waals surface area contributed by atoms with Crippen LogP contribution in [0.1, 0.15) is 30.1 Å². The van der Waals surface area contributed by atoms with Crippen LogP contribution in [0.15, 0.2) is 29.2 Å². The third-order valence-electron chi connectivity index (χ3n) is 2.74. The molecule has 0 bridgehead atoms. The van der Waals surface area contributed by atoms with E-state index in [0.717, 1.165) is 0 Å². The molecule has 0 aliphatic heterocycles. The highest BCUT2D eigenvalue weighted by Crippen LogP contribution is 2.12. The van der Waals surface area contributed by atoms with Crippen LogP contribution in [-0.4, -0.2) is 37.5 Å². The zero-order valence-corrected chi connectivity index (χ0v) is 13.3. The van der Waals surface area contributed by atoms with Gasteiger partial charge in [0.05, 0.1) is 18.6 Å². The summed E-state index contributed by atoms with van der Waals surface area (Å²) in [4.78, 5) is 35.0. The predicted octanol–water partition coefficient (Wildman–Crippen LogP) is 1.16. The summed E-state index contributed by atoms with van der Waals surface area (Å²) in [5.41, 5.74) is 0.486. The first-order valence-corrected chi connectivity index (χ1v) is 7.47. The van der Waals surface area contributed by atoms with E-state index >= 15 is 0 Å². The van der Waals surface area contributed by atoms with Crippen molar-refractivity contribution in [2.24, 2.45) is 0 Å². The average Bonchev–Trinajstić information content (AvgIpc) is 2.50. The molecule has 1 rings (SSSR count). The van der Waals surface area contributed by atoms with Gasteiger partial charge in [0.25, 0.3) is 5.91 Å². The first-order valence-electron chi connectivity index (χ1n) is 7.03. The molecule has 0 heterocycles. The molecule has 0 radical (unpaired) electrons. The fourth-order valence-corrected chi connectivity index (χ4v) is 1.94. The topological polar surface area (TPSA) is 84.5 Å². The van der Waals surface area contributed by atoms with E-state index in [2.05, 4.69) is 23.3 Å². The van der Waals surface area contributed by atoms with Crippen molar-refractivity contribution in [3.63, 3.8) is 0 Å². The molecule has 1 aromatic rings. The van der Waals surface area contributed by atoms with Crippen molar-refractivity contribution in [3.05, 3.63) is 29.8 Å². The Hall–Kier alpha value is -2.02. The SMILES string of the molecule is CCOC(=O)CCC(=O)NCCNC(=O)c1ccccc1S. The van der Waals surface area contributed by atoms with Crippen LogP contribution in [0.4, 0.5) is 0 Å². The molecule has 0 aliphatic carbocycles. The van der Waals surface area contributed by atoms with Gasteiger partial charge in [0.15, 0.2) is 0 Å². The molecule has 7 heteroatoms. The minimum Gasteiger partial charge on any atom is -0.466 e. The summed E-state index contributed by atoms with van der Waals surface area (Å²) in [6, 6.07) is 6.96. The minimum absolute atomic E-state index is 0.0546. The Kier molecular flexibility index (Phi) is 8.06. The third kappa shape index (κ3) is 6.62. The molecular weight excluding hydrogens is 304 g/mol. The molecule has 0 saturated carbocycles. The highest BCUT2D eigenvalue weighted by atomic mass is 32.1. The Morgan fingerprint density at radius 1 is 1.09 bits per heavy atom. The fourth-order valence-electron chi connectivity index (χ4n) is 1.68. The maximum Gasteiger partial charge on any atom is 0.306 e. The Labute approximate surface area is 135 Å². The highest BCUT2D eigenvalue weighted by molar-refractivity contribution is 7.80. The van der Waals surface area contributed by atoms with Crippen molar-refractivity contribution in [1.82, 2.24) is 10.6 Å². The highest BCUT2D eigenvalue weighted by Gasteiger charge is 2.09. The molecule has 0 aliphatic rings. The molecule has 0 fully saturated rings. The smallest absolute Gasteiger partial charge is 0.306 e. The van der Waals surface area contributed by atoms with Crippen LogP contribution in [0.25, 0.3) is 0 Å². The summed E-state index contributed by atoms with van der Waals surface area (Å²) in [7, 11) is 0. The first-order chi connectivity index (χ1) is 10.5. The predicted molar refractivity (Wildman–Crippen MR) is 84.9 cm³/mol. The number of nitrogens with one attached hydrogen (secondary N) is 2. The van der Waals surface area contributed by atoms with E-state index in [0.29, 0.717) is 30.2 Å². The standard InChI is InChI=1S/C15H20N2O4S/c1-2-21-14(19)8-7-13(18)16-9-10-17-15(20)11-5-3-4-6-12(11)22/h3-6,22H,2,7-10H2,1H3,(H,16,18)(H,17,20). The summed E-state index contributed by atoms with van der Waals surface area (Å²) < 4.78 is 4.73. The van der Waals surface area contributed by atoms with Gasteiger partial charge < -0.3 is 15.4 Å². The van der Waals surface area contributed by atoms with Crippen molar-refractivity contribution in [2.75, 3.05) is 19.7 Å². The maximum atomic E-state index is 11.9. The molecule has 0 aromatic heterocycles. The van der Waals surface area contributed by atoms with Crippen LogP contribution < -0.4 is 10.6 Å². The van der Waals surface area contributed by atoms with Crippen molar-refractivity contribution >= 4 is 30.4 Å². The number of rotatable bonds is 8. The summed E-state index contributed by atoms with van der Waals surface area (Å²) in [5.74, 6) is -0.889. The van der Waals surface area contributed by atoms with Crippen LogP contribution in [0, 0.1) is 0 Å². The van der Waals surface area contributed by atoms with Gasteiger partial charge in [-0.3, -0.25) is 14.4 Å². The second-order valence-electron chi connectivity index (χ2n) is 4.43. The lowest BCUT2D eigenvalue weighted by molar-refractivity contribution is -0.144. The lowest BCUT2D eigenvalue weighted by Crippen LogP contribution is -2.35. The molecule has 0 spiro atoms. The Bertz CT molecular complexity index is 534. The summed E-state index contributed by atoms with van der Waals surface area (Å²) in [5, 5.41) is 5.31. The number of hydrogen-bond donors (Lipinski definition) is 3. The number of carbonyl (C=O) groups is 3. The number of esters is 1. The second-order valence-corrected chi connectivity index (χ2v) is 4.91. The van der Waals surface area contributed by atoms with Crippen LogP contribution in [-0.2, 0) is 14.3 Å². The maximum absolute atomic E-state index is 11.9. The third-order valence-corrected chi connectivity index (χ3v) is 3.13. The van der Waals surface area contributed by atoms with Crippen LogP contribution in [0.2, 0.25) is 0 Å². The first kappa shape index (κ1) is 18.0. The van der Waals surface area contributed by atoms with E-state index in [-0.39, 0.29) is 24.7 Å². The summed E-state index contributed by atoms with van der Waals surface area (Å²) in [6.45, 7) is 2.61. The molecule has 22 heavy (non-hydrogen) atoms. The van der Waals surface area contributed by atoms with Gasteiger partial charge in [0, 0.05) is 24.4 Å². The van der Waals surface area contributed by atoms with Crippen LogP contribution in [0.5, 0.6) is 0 Å². The van der Waals surface area contributed by atoms with Gasteiger partial charge in [-0.1, -0.05) is 12.1 Å². The lowest BCUT2D eigenvalue weighted by atomic mass is 10.2. The normalized spacial score (nSPS) is 9.91. The van der Waals surface area contributed by atoms with E-state index in [1.54, 1.807) is 31.2 Å². The monoisotopic (exact) mass is 324 g/mol. The van der Waals surface area contributed by atoms with E-state index in [1.807, 2.05) is 0 Å². The molecule has 2 N–H and O–H groups in total. The van der Waals surface area contributed by atoms with Gasteiger partial charge in [-0.15, -0.1) is 12.6 Å². The molecule has 0 unspecified atom stereocenters. The van der Waals surface area contributed by atoms with Gasteiger partial charge in [-0.25, -0.2) is 0 Å². The lowest BCUT2D eigenvalue weighted by Gasteiger charge is -2.08. The van der Waals surface area contributed by atoms with Crippen LogP contribution in [0.3, 0.4) is 0 Å². The van der Waals surface area contributed by atoms with Gasteiger partial charge in [-0.2, -0.15) is 0 Å². The Morgan fingerprint density at radius 2 is 1.77 bits per heavy atom. The minimum atomic E-state index is -0.392. The van der Waals surface area contributed by atoms with Crippen molar-refractivity contribution < 1.29 is 19.1 Å². The number of ether oxygens (including phenoxy) is 1. The zero-order chi connectivity index (χ0) is 16.4. The Morgan fingerprint density at radius 3 is 2.45 bits per heavy atom. The molecule has 6 nitrogen and oxygen atoms in total. The van der Waals surface area contributed by atoms with Crippen molar-refractivity contribution in [2.45, 2.75) is 24.7 Å². The number of hydrogen-bond acceptors (Lipinski definition) is 5. The van der Waals surface area contributed by atoms with Crippen LogP contribution >= 0.6 is 12.6 Å². The zero-order valence-electron chi connectivity index (χ0n) is 12.4. The van der Waals surface area contributed by atoms with Crippen molar-refractivity contribution in [1.29, 1.82) is 0 Å². The van der Waals surface area contributed by atoms with Gasteiger partial charge in [-0.05, 0) is 19.1 Å². The molecule has 1 aromatic carbocycles. The van der Waals surface area contributed by atoms with Gasteiger partial charge in [0.2, 0.25) is 5.91 Å². The van der Waals surface area contributed by atoms with Gasteiger partial charge >= 0.3 is 5.97 Å². The number of thiol groups is 1. The largest absolute Gasteiger partial charge is 0.466 e. The number of carbonyl (C=O) groups excluding carboxylic acids is 3. The average molecular weight is 324 g/mol. The molecule has 0 saturated heterocycles. The van der Waals surface area contributed by atoms with Crippen molar-refractivity contribution in [3.8, 4) is 0 Å². The van der Waals surface area contributed by atoms with E-state index < -0.39 is 5.97 Å². The second kappa shape index (κ2) is 9.83. The summed E-state index contributed by atoms with van der Waals surface area (Å²) >= 11 is 4.20. The molecular formula is C15H20N2O4S. The molecule has 2 amide bonds. The quantitative estimate of drug-likeness (QED) is 0.381.